The Balaban J connectivity index is 1.65. The Labute approximate surface area is 118 Å². The largest absolute Gasteiger partial charge is 0.311 e. The van der Waals surface area contributed by atoms with Crippen molar-refractivity contribution in [1.82, 2.24) is 10.2 Å². The molecule has 0 aromatic heterocycles. The Morgan fingerprint density at radius 2 is 2.05 bits per heavy atom. The predicted molar refractivity (Wildman–Crippen MR) is 79.1 cm³/mol. The number of fused-ring (bicyclic) bond motifs is 2. The topological polar surface area (TPSA) is 15.3 Å². The van der Waals surface area contributed by atoms with E-state index >= 15 is 0 Å². The first-order valence-electron chi connectivity index (χ1n) is 8.63. The molecule has 1 spiro atoms. The van der Waals surface area contributed by atoms with Crippen molar-refractivity contribution >= 4 is 0 Å². The van der Waals surface area contributed by atoms with E-state index in [0.29, 0.717) is 5.54 Å². The molecule has 2 saturated heterocycles. The minimum Gasteiger partial charge on any atom is -0.311 e. The number of piperidine rings is 2. The molecule has 108 valence electrons. The van der Waals surface area contributed by atoms with E-state index in [1.54, 1.807) is 0 Å². The monoisotopic (exact) mass is 262 g/mol. The van der Waals surface area contributed by atoms with Gasteiger partial charge >= 0.3 is 0 Å². The van der Waals surface area contributed by atoms with Gasteiger partial charge < -0.3 is 10.2 Å². The highest BCUT2D eigenvalue weighted by atomic mass is 15.2. The van der Waals surface area contributed by atoms with E-state index in [1.807, 2.05) is 0 Å². The summed E-state index contributed by atoms with van der Waals surface area (Å²) in [7, 11) is 2.40. The first-order valence-corrected chi connectivity index (χ1v) is 8.63. The molecule has 1 unspecified atom stereocenters. The lowest BCUT2D eigenvalue weighted by Crippen LogP contribution is -2.67. The van der Waals surface area contributed by atoms with E-state index in [2.05, 4.69) is 24.2 Å². The molecule has 2 heterocycles. The van der Waals surface area contributed by atoms with E-state index in [-0.39, 0.29) is 0 Å². The van der Waals surface area contributed by atoms with Gasteiger partial charge in [-0.05, 0) is 75.8 Å². The van der Waals surface area contributed by atoms with Crippen molar-refractivity contribution in [3.63, 3.8) is 0 Å². The molecule has 0 radical (unpaired) electrons. The van der Waals surface area contributed by atoms with Crippen LogP contribution in [0.1, 0.15) is 51.9 Å². The minimum absolute atomic E-state index is 0.524. The van der Waals surface area contributed by atoms with E-state index in [4.69, 9.17) is 0 Å². The molecule has 4 rings (SSSR count). The van der Waals surface area contributed by atoms with Gasteiger partial charge in [-0.3, -0.25) is 0 Å². The van der Waals surface area contributed by atoms with Crippen LogP contribution in [0.5, 0.6) is 0 Å². The molecule has 0 aromatic carbocycles. The van der Waals surface area contributed by atoms with Crippen LogP contribution >= 0.6 is 0 Å². The number of hydrogen-bond acceptors (Lipinski definition) is 2. The maximum atomic E-state index is 4.00. The van der Waals surface area contributed by atoms with E-state index < -0.39 is 0 Å². The lowest BCUT2D eigenvalue weighted by atomic mass is 9.53. The molecule has 4 aliphatic rings. The average molecular weight is 262 g/mol. The van der Waals surface area contributed by atoms with Gasteiger partial charge in [0.05, 0.1) is 0 Å². The molecule has 2 heteroatoms. The molecule has 0 amide bonds. The van der Waals surface area contributed by atoms with Crippen LogP contribution in [0, 0.1) is 23.7 Å². The van der Waals surface area contributed by atoms with Crippen LogP contribution in [0.2, 0.25) is 0 Å². The van der Waals surface area contributed by atoms with Crippen molar-refractivity contribution in [1.29, 1.82) is 0 Å². The second-order valence-corrected chi connectivity index (χ2v) is 8.18. The molecule has 1 N–H and O–H groups in total. The molecule has 0 aromatic rings. The van der Waals surface area contributed by atoms with E-state index in [1.165, 1.54) is 58.0 Å². The Morgan fingerprint density at radius 3 is 2.84 bits per heavy atom. The highest BCUT2D eigenvalue weighted by Gasteiger charge is 2.54. The Kier molecular flexibility index (Phi) is 2.97. The van der Waals surface area contributed by atoms with Gasteiger partial charge in [-0.25, -0.2) is 0 Å². The lowest BCUT2D eigenvalue weighted by Gasteiger charge is -2.61. The van der Waals surface area contributed by atoms with Gasteiger partial charge in [0.2, 0.25) is 0 Å². The molecule has 6 atom stereocenters. The standard InChI is InChI=1S/C17H30N2/c1-12-7-13-10-17(5-3-4-6-18-17)14-9-15(13)16(8-12)19(2)11-14/h12-16,18H,3-11H2,1-2H3/t12-,13?,14-,15-,16+,17+/m0/s1. The summed E-state index contributed by atoms with van der Waals surface area (Å²) in [4.78, 5) is 2.73. The number of hydrogen-bond donors (Lipinski definition) is 1. The van der Waals surface area contributed by atoms with Gasteiger partial charge in [0.25, 0.3) is 0 Å². The summed E-state index contributed by atoms with van der Waals surface area (Å²) in [6.07, 6.45) is 10.3. The van der Waals surface area contributed by atoms with Crippen LogP contribution < -0.4 is 5.32 Å². The summed E-state index contributed by atoms with van der Waals surface area (Å²) in [6, 6.07) is 0.908. The molecule has 19 heavy (non-hydrogen) atoms. The number of likely N-dealkylation sites (tertiary alicyclic amines) is 1. The summed E-state index contributed by atoms with van der Waals surface area (Å²) in [5, 5.41) is 4.00. The Bertz CT molecular complexity index is 347. The maximum Gasteiger partial charge on any atom is 0.0224 e. The first-order chi connectivity index (χ1) is 9.18. The third kappa shape index (κ3) is 1.90. The minimum atomic E-state index is 0.524. The van der Waals surface area contributed by atoms with E-state index in [0.717, 1.165) is 29.7 Å². The zero-order chi connectivity index (χ0) is 13.0. The Morgan fingerprint density at radius 1 is 1.16 bits per heavy atom. The molecule has 2 aliphatic carbocycles. The van der Waals surface area contributed by atoms with Gasteiger partial charge in [-0.15, -0.1) is 0 Å². The summed E-state index contributed by atoms with van der Waals surface area (Å²) < 4.78 is 0. The maximum absolute atomic E-state index is 4.00. The van der Waals surface area contributed by atoms with Gasteiger partial charge in [-0.1, -0.05) is 13.3 Å². The molecule has 2 bridgehead atoms. The normalized spacial score (nSPS) is 54.3. The van der Waals surface area contributed by atoms with Crippen molar-refractivity contribution in [2.75, 3.05) is 20.1 Å². The SMILES string of the molecule is C[C@H]1CC2C[C@]3(CCCCN3)[C@H]3C[C@@H]2[C@@H](C1)N(C)C3. The summed E-state index contributed by atoms with van der Waals surface area (Å²) in [5.74, 6) is 3.92. The fourth-order valence-electron chi connectivity index (χ4n) is 6.21. The second-order valence-electron chi connectivity index (χ2n) is 8.18. The van der Waals surface area contributed by atoms with Crippen LogP contribution in [-0.4, -0.2) is 36.6 Å². The molecule has 2 nitrogen and oxygen atoms in total. The zero-order valence-corrected chi connectivity index (χ0v) is 12.7. The van der Waals surface area contributed by atoms with Crippen molar-refractivity contribution < 1.29 is 0 Å². The fraction of sp³-hybridized carbons (Fsp3) is 1.00. The predicted octanol–water partition coefficient (Wildman–Crippen LogP) is 2.89. The van der Waals surface area contributed by atoms with Crippen LogP contribution in [-0.2, 0) is 0 Å². The Hall–Kier alpha value is -0.0800. The zero-order valence-electron chi connectivity index (χ0n) is 12.7. The van der Waals surface area contributed by atoms with E-state index in [9.17, 15) is 0 Å². The van der Waals surface area contributed by atoms with Crippen molar-refractivity contribution in [2.45, 2.75) is 63.5 Å². The third-order valence-corrected chi connectivity index (χ3v) is 7.01. The highest BCUT2D eigenvalue weighted by Crippen LogP contribution is 2.54. The van der Waals surface area contributed by atoms with Gasteiger partial charge in [-0.2, -0.15) is 0 Å². The smallest absolute Gasteiger partial charge is 0.0224 e. The van der Waals surface area contributed by atoms with Crippen LogP contribution in [0.15, 0.2) is 0 Å². The summed E-state index contributed by atoms with van der Waals surface area (Å²) in [6.45, 7) is 5.12. The van der Waals surface area contributed by atoms with Crippen molar-refractivity contribution in [3.8, 4) is 0 Å². The van der Waals surface area contributed by atoms with Crippen LogP contribution in [0.25, 0.3) is 0 Å². The van der Waals surface area contributed by atoms with Crippen LogP contribution in [0.4, 0.5) is 0 Å². The molecule has 4 fully saturated rings. The fourth-order valence-corrected chi connectivity index (χ4v) is 6.21. The molecule has 2 aliphatic heterocycles. The highest BCUT2D eigenvalue weighted by molar-refractivity contribution is 5.10. The van der Waals surface area contributed by atoms with Gasteiger partial charge in [0, 0.05) is 18.1 Å². The van der Waals surface area contributed by atoms with Crippen molar-refractivity contribution in [2.24, 2.45) is 23.7 Å². The summed E-state index contributed by atoms with van der Waals surface area (Å²) >= 11 is 0. The number of nitrogens with zero attached hydrogens (tertiary/aromatic N) is 1. The third-order valence-electron chi connectivity index (χ3n) is 7.01. The number of nitrogens with one attached hydrogen (secondary N) is 1. The van der Waals surface area contributed by atoms with Gasteiger partial charge in [0.15, 0.2) is 0 Å². The number of rotatable bonds is 0. The van der Waals surface area contributed by atoms with Crippen molar-refractivity contribution in [3.05, 3.63) is 0 Å². The van der Waals surface area contributed by atoms with Crippen LogP contribution in [0.3, 0.4) is 0 Å². The molecule has 2 saturated carbocycles. The van der Waals surface area contributed by atoms with Gasteiger partial charge in [0.1, 0.15) is 0 Å². The lowest BCUT2D eigenvalue weighted by molar-refractivity contribution is -0.0889. The molecular weight excluding hydrogens is 232 g/mol. The quantitative estimate of drug-likeness (QED) is 0.722. The first kappa shape index (κ1) is 12.6. The molecular formula is C17H30N2. The average Bonchev–Trinajstić information content (AvgIpc) is 2.40. The summed E-state index contributed by atoms with van der Waals surface area (Å²) in [5.41, 5.74) is 0.524. The second kappa shape index (κ2) is 4.46.